The van der Waals surface area contributed by atoms with Crippen LogP contribution in [0.15, 0.2) is 53.0 Å². The standard InChI is InChI=1S/C17H15BrN2O/c1-11-3-4-12(2)20(11)19-17(21)15-6-5-14-10-16(18)8-7-13(14)9-15/h3-10H,1-2H3,(H,19,21). The van der Waals surface area contributed by atoms with E-state index in [0.29, 0.717) is 5.56 Å². The van der Waals surface area contributed by atoms with Crippen molar-refractivity contribution in [2.24, 2.45) is 0 Å². The summed E-state index contributed by atoms with van der Waals surface area (Å²) in [4.78, 5) is 12.4. The van der Waals surface area contributed by atoms with Gasteiger partial charge in [-0.2, -0.15) is 0 Å². The minimum Gasteiger partial charge on any atom is -0.267 e. The van der Waals surface area contributed by atoms with Gasteiger partial charge < -0.3 is 0 Å². The summed E-state index contributed by atoms with van der Waals surface area (Å²) in [5.74, 6) is -0.109. The normalized spacial score (nSPS) is 10.8. The van der Waals surface area contributed by atoms with Crippen molar-refractivity contribution in [2.45, 2.75) is 13.8 Å². The Morgan fingerprint density at radius 2 is 1.57 bits per heavy atom. The van der Waals surface area contributed by atoms with E-state index in [1.807, 2.05) is 62.4 Å². The Kier molecular flexibility index (Phi) is 3.55. The summed E-state index contributed by atoms with van der Waals surface area (Å²) in [6, 6.07) is 15.7. The molecule has 0 aliphatic rings. The van der Waals surface area contributed by atoms with Gasteiger partial charge in [0.2, 0.25) is 0 Å². The second-order valence-corrected chi connectivity index (χ2v) is 6.01. The molecule has 2 aromatic carbocycles. The van der Waals surface area contributed by atoms with E-state index in [9.17, 15) is 4.79 Å². The molecule has 21 heavy (non-hydrogen) atoms. The molecule has 0 bridgehead atoms. The Balaban J connectivity index is 1.93. The van der Waals surface area contributed by atoms with Crippen LogP contribution in [0.5, 0.6) is 0 Å². The summed E-state index contributed by atoms with van der Waals surface area (Å²) < 4.78 is 2.83. The van der Waals surface area contributed by atoms with Crippen LogP contribution in [0, 0.1) is 13.8 Å². The van der Waals surface area contributed by atoms with E-state index in [2.05, 4.69) is 21.4 Å². The first-order chi connectivity index (χ1) is 10.0. The molecule has 0 radical (unpaired) electrons. The molecular formula is C17H15BrN2O. The van der Waals surface area contributed by atoms with Crippen molar-refractivity contribution >= 4 is 32.6 Å². The monoisotopic (exact) mass is 342 g/mol. The lowest BCUT2D eigenvalue weighted by Crippen LogP contribution is -2.24. The van der Waals surface area contributed by atoms with Gasteiger partial charge in [0.25, 0.3) is 5.91 Å². The lowest BCUT2D eigenvalue weighted by Gasteiger charge is -2.11. The highest BCUT2D eigenvalue weighted by Crippen LogP contribution is 2.21. The Morgan fingerprint density at radius 3 is 2.29 bits per heavy atom. The fraction of sp³-hybridized carbons (Fsp3) is 0.118. The van der Waals surface area contributed by atoms with Gasteiger partial charge in [-0.1, -0.05) is 28.1 Å². The number of hydrogen-bond acceptors (Lipinski definition) is 1. The minimum atomic E-state index is -0.109. The molecule has 1 N–H and O–H groups in total. The van der Waals surface area contributed by atoms with Crippen LogP contribution in [0.4, 0.5) is 0 Å². The summed E-state index contributed by atoms with van der Waals surface area (Å²) in [6.45, 7) is 3.93. The van der Waals surface area contributed by atoms with E-state index in [1.54, 1.807) is 4.68 Å². The molecule has 0 fully saturated rings. The second kappa shape index (κ2) is 5.37. The molecule has 1 heterocycles. The molecule has 3 aromatic rings. The van der Waals surface area contributed by atoms with E-state index >= 15 is 0 Å². The number of rotatable bonds is 2. The summed E-state index contributed by atoms with van der Waals surface area (Å²) >= 11 is 3.45. The zero-order chi connectivity index (χ0) is 15.0. The van der Waals surface area contributed by atoms with Crippen LogP contribution in [0.1, 0.15) is 21.7 Å². The molecule has 0 unspecified atom stereocenters. The molecular weight excluding hydrogens is 328 g/mol. The van der Waals surface area contributed by atoms with Crippen LogP contribution >= 0.6 is 15.9 Å². The summed E-state index contributed by atoms with van der Waals surface area (Å²) in [5.41, 5.74) is 5.58. The van der Waals surface area contributed by atoms with Crippen LogP contribution in [-0.4, -0.2) is 10.6 Å². The quantitative estimate of drug-likeness (QED) is 0.735. The third kappa shape index (κ3) is 2.72. The number of hydrogen-bond donors (Lipinski definition) is 1. The van der Waals surface area contributed by atoms with Gasteiger partial charge in [-0.15, -0.1) is 0 Å². The minimum absolute atomic E-state index is 0.109. The molecule has 0 aliphatic carbocycles. The molecule has 0 saturated heterocycles. The Bertz CT molecular complexity index is 816. The van der Waals surface area contributed by atoms with Crippen molar-refractivity contribution in [1.29, 1.82) is 0 Å². The summed E-state index contributed by atoms with van der Waals surface area (Å²) in [6.07, 6.45) is 0. The predicted molar refractivity (Wildman–Crippen MR) is 89.2 cm³/mol. The van der Waals surface area contributed by atoms with E-state index in [4.69, 9.17) is 0 Å². The van der Waals surface area contributed by atoms with Gasteiger partial charge in [-0.05, 0) is 61.0 Å². The van der Waals surface area contributed by atoms with Crippen molar-refractivity contribution in [3.8, 4) is 0 Å². The number of aromatic nitrogens is 1. The van der Waals surface area contributed by atoms with Crippen molar-refractivity contribution in [3.63, 3.8) is 0 Å². The number of nitrogens with zero attached hydrogens (tertiary/aromatic N) is 1. The van der Waals surface area contributed by atoms with E-state index in [1.165, 1.54) is 0 Å². The maximum atomic E-state index is 12.4. The van der Waals surface area contributed by atoms with E-state index < -0.39 is 0 Å². The van der Waals surface area contributed by atoms with Crippen LogP contribution in [0.2, 0.25) is 0 Å². The van der Waals surface area contributed by atoms with Crippen LogP contribution in [-0.2, 0) is 0 Å². The predicted octanol–water partition coefficient (Wildman–Crippen LogP) is 4.40. The topological polar surface area (TPSA) is 34.0 Å². The molecule has 1 amide bonds. The molecule has 0 aliphatic heterocycles. The third-order valence-corrected chi connectivity index (χ3v) is 4.04. The largest absolute Gasteiger partial charge is 0.270 e. The molecule has 4 heteroatoms. The fourth-order valence-electron chi connectivity index (χ4n) is 2.37. The average molecular weight is 343 g/mol. The first-order valence-corrected chi connectivity index (χ1v) is 7.49. The van der Waals surface area contributed by atoms with Gasteiger partial charge in [0, 0.05) is 21.4 Å². The Morgan fingerprint density at radius 1 is 0.952 bits per heavy atom. The molecule has 3 nitrogen and oxygen atoms in total. The number of nitrogens with one attached hydrogen (secondary N) is 1. The lowest BCUT2D eigenvalue weighted by atomic mass is 10.1. The molecule has 0 atom stereocenters. The van der Waals surface area contributed by atoms with Crippen molar-refractivity contribution in [1.82, 2.24) is 4.68 Å². The SMILES string of the molecule is Cc1ccc(C)n1NC(=O)c1ccc2cc(Br)ccc2c1. The summed E-state index contributed by atoms with van der Waals surface area (Å²) in [7, 11) is 0. The highest BCUT2D eigenvalue weighted by atomic mass is 79.9. The first kappa shape index (κ1) is 13.9. The van der Waals surface area contributed by atoms with Gasteiger partial charge in [-0.25, -0.2) is 0 Å². The second-order valence-electron chi connectivity index (χ2n) is 5.10. The molecule has 0 spiro atoms. The zero-order valence-electron chi connectivity index (χ0n) is 11.9. The van der Waals surface area contributed by atoms with Gasteiger partial charge in [0.1, 0.15) is 0 Å². The molecule has 3 rings (SSSR count). The number of amides is 1. The maximum Gasteiger partial charge on any atom is 0.270 e. The third-order valence-electron chi connectivity index (χ3n) is 3.55. The van der Waals surface area contributed by atoms with E-state index in [-0.39, 0.29) is 5.91 Å². The van der Waals surface area contributed by atoms with Gasteiger partial charge >= 0.3 is 0 Å². The zero-order valence-corrected chi connectivity index (χ0v) is 13.4. The molecule has 0 saturated carbocycles. The molecule has 1 aromatic heterocycles. The fourth-order valence-corrected chi connectivity index (χ4v) is 2.75. The highest BCUT2D eigenvalue weighted by molar-refractivity contribution is 9.10. The van der Waals surface area contributed by atoms with Crippen molar-refractivity contribution in [3.05, 3.63) is 70.0 Å². The smallest absolute Gasteiger partial charge is 0.267 e. The number of fused-ring (bicyclic) bond motifs is 1. The number of aryl methyl sites for hydroxylation is 2. The molecule has 106 valence electrons. The number of carbonyl (C=O) groups is 1. The average Bonchev–Trinajstić information content (AvgIpc) is 2.78. The van der Waals surface area contributed by atoms with Crippen LogP contribution in [0.25, 0.3) is 10.8 Å². The van der Waals surface area contributed by atoms with Crippen molar-refractivity contribution in [2.75, 3.05) is 5.43 Å². The van der Waals surface area contributed by atoms with Gasteiger partial charge in [0.05, 0.1) is 0 Å². The number of halogens is 1. The van der Waals surface area contributed by atoms with Gasteiger partial charge in [-0.3, -0.25) is 14.9 Å². The summed E-state index contributed by atoms with van der Waals surface area (Å²) in [5, 5.41) is 2.15. The van der Waals surface area contributed by atoms with E-state index in [0.717, 1.165) is 26.6 Å². The van der Waals surface area contributed by atoms with Crippen LogP contribution < -0.4 is 5.43 Å². The Hall–Kier alpha value is -2.07. The van der Waals surface area contributed by atoms with Crippen molar-refractivity contribution < 1.29 is 4.79 Å². The first-order valence-electron chi connectivity index (χ1n) is 6.70. The van der Waals surface area contributed by atoms with Gasteiger partial charge in [0.15, 0.2) is 0 Å². The highest BCUT2D eigenvalue weighted by Gasteiger charge is 2.09. The number of carbonyl (C=O) groups excluding carboxylic acids is 1. The number of benzene rings is 2. The lowest BCUT2D eigenvalue weighted by molar-refractivity contribution is 0.101. The maximum absolute atomic E-state index is 12.4. The Labute approximate surface area is 131 Å². The van der Waals surface area contributed by atoms with Crippen LogP contribution in [0.3, 0.4) is 0 Å².